The standard InChI is InChI=1S/C18H22FNO/c1-13-6-7-18(14(2)10-13)21-9-8-16(12-20)15-4-3-5-17(19)11-15/h3-7,10-11,16H,8-9,12,20H2,1-2H3. The fraction of sp³-hybridized carbons (Fsp3) is 0.333. The lowest BCUT2D eigenvalue weighted by atomic mass is 9.96. The summed E-state index contributed by atoms with van der Waals surface area (Å²) in [6, 6.07) is 12.8. The van der Waals surface area contributed by atoms with Gasteiger partial charge in [-0.2, -0.15) is 0 Å². The minimum Gasteiger partial charge on any atom is -0.493 e. The van der Waals surface area contributed by atoms with Crippen molar-refractivity contribution < 1.29 is 9.13 Å². The van der Waals surface area contributed by atoms with Crippen molar-refractivity contribution in [3.8, 4) is 5.75 Å². The van der Waals surface area contributed by atoms with E-state index in [9.17, 15) is 4.39 Å². The molecular weight excluding hydrogens is 265 g/mol. The Labute approximate surface area is 125 Å². The van der Waals surface area contributed by atoms with Gasteiger partial charge in [-0.1, -0.05) is 29.8 Å². The van der Waals surface area contributed by atoms with Gasteiger partial charge in [0.2, 0.25) is 0 Å². The smallest absolute Gasteiger partial charge is 0.123 e. The molecule has 0 fully saturated rings. The highest BCUT2D eigenvalue weighted by atomic mass is 19.1. The van der Waals surface area contributed by atoms with E-state index in [0.717, 1.165) is 23.3 Å². The third-order valence-corrected chi connectivity index (χ3v) is 3.66. The van der Waals surface area contributed by atoms with Crippen LogP contribution in [0.5, 0.6) is 5.75 Å². The summed E-state index contributed by atoms with van der Waals surface area (Å²) >= 11 is 0. The normalized spacial score (nSPS) is 12.2. The lowest BCUT2D eigenvalue weighted by Gasteiger charge is -2.16. The fourth-order valence-corrected chi connectivity index (χ4v) is 2.45. The molecule has 0 amide bonds. The summed E-state index contributed by atoms with van der Waals surface area (Å²) in [7, 11) is 0. The molecule has 0 radical (unpaired) electrons. The van der Waals surface area contributed by atoms with Crippen LogP contribution < -0.4 is 10.5 Å². The number of hydrogen-bond donors (Lipinski definition) is 1. The van der Waals surface area contributed by atoms with Gasteiger partial charge in [-0.3, -0.25) is 0 Å². The van der Waals surface area contributed by atoms with Gasteiger partial charge >= 0.3 is 0 Å². The van der Waals surface area contributed by atoms with E-state index in [1.807, 2.05) is 25.1 Å². The predicted molar refractivity (Wildman–Crippen MR) is 84.2 cm³/mol. The Morgan fingerprint density at radius 1 is 1.14 bits per heavy atom. The van der Waals surface area contributed by atoms with Gasteiger partial charge in [0.25, 0.3) is 0 Å². The van der Waals surface area contributed by atoms with Crippen molar-refractivity contribution in [1.29, 1.82) is 0 Å². The number of nitrogens with two attached hydrogens (primary N) is 1. The molecule has 0 aromatic heterocycles. The minimum atomic E-state index is -0.221. The number of benzene rings is 2. The van der Waals surface area contributed by atoms with E-state index in [4.69, 9.17) is 10.5 Å². The Morgan fingerprint density at radius 3 is 2.62 bits per heavy atom. The van der Waals surface area contributed by atoms with Crippen LogP contribution in [0.4, 0.5) is 4.39 Å². The van der Waals surface area contributed by atoms with E-state index in [2.05, 4.69) is 13.0 Å². The van der Waals surface area contributed by atoms with Crippen LogP contribution in [0, 0.1) is 19.7 Å². The van der Waals surface area contributed by atoms with Crippen molar-refractivity contribution in [3.05, 3.63) is 65.0 Å². The second-order valence-corrected chi connectivity index (χ2v) is 5.39. The summed E-state index contributed by atoms with van der Waals surface area (Å²) < 4.78 is 19.1. The van der Waals surface area contributed by atoms with Gasteiger partial charge in [-0.25, -0.2) is 4.39 Å². The summed E-state index contributed by atoms with van der Waals surface area (Å²) in [4.78, 5) is 0. The van der Waals surface area contributed by atoms with E-state index in [-0.39, 0.29) is 11.7 Å². The van der Waals surface area contributed by atoms with Crippen LogP contribution in [0.3, 0.4) is 0 Å². The second-order valence-electron chi connectivity index (χ2n) is 5.39. The van der Waals surface area contributed by atoms with Crippen molar-refractivity contribution in [2.45, 2.75) is 26.2 Å². The van der Waals surface area contributed by atoms with E-state index in [1.54, 1.807) is 12.1 Å². The van der Waals surface area contributed by atoms with Gasteiger partial charge in [0.05, 0.1) is 6.61 Å². The molecule has 0 bridgehead atoms. The molecule has 2 N–H and O–H groups in total. The maximum Gasteiger partial charge on any atom is 0.123 e. The average molecular weight is 287 g/mol. The Balaban J connectivity index is 1.94. The number of halogens is 1. The van der Waals surface area contributed by atoms with Crippen LogP contribution in [-0.4, -0.2) is 13.2 Å². The molecule has 0 saturated carbocycles. The maximum atomic E-state index is 13.3. The number of aryl methyl sites for hydroxylation is 2. The fourth-order valence-electron chi connectivity index (χ4n) is 2.45. The van der Waals surface area contributed by atoms with Crippen LogP contribution in [0.1, 0.15) is 29.0 Å². The number of rotatable bonds is 6. The molecule has 0 heterocycles. The quantitative estimate of drug-likeness (QED) is 0.873. The average Bonchev–Trinajstić information content (AvgIpc) is 2.45. The van der Waals surface area contributed by atoms with Crippen LogP contribution in [0.2, 0.25) is 0 Å². The monoisotopic (exact) mass is 287 g/mol. The predicted octanol–water partition coefficient (Wildman–Crippen LogP) is 3.95. The molecule has 2 aromatic rings. The Bertz CT molecular complexity index is 598. The zero-order chi connectivity index (χ0) is 15.2. The molecule has 2 nitrogen and oxygen atoms in total. The van der Waals surface area contributed by atoms with Gasteiger partial charge in [0, 0.05) is 0 Å². The van der Waals surface area contributed by atoms with Gasteiger partial charge in [0.15, 0.2) is 0 Å². The van der Waals surface area contributed by atoms with Gasteiger partial charge in [-0.15, -0.1) is 0 Å². The van der Waals surface area contributed by atoms with Crippen molar-refractivity contribution in [2.24, 2.45) is 5.73 Å². The molecule has 2 rings (SSSR count). The van der Waals surface area contributed by atoms with Crippen molar-refractivity contribution in [2.75, 3.05) is 13.2 Å². The first-order chi connectivity index (χ1) is 10.1. The summed E-state index contributed by atoms with van der Waals surface area (Å²) in [5.41, 5.74) is 9.09. The van der Waals surface area contributed by atoms with Crippen molar-refractivity contribution in [1.82, 2.24) is 0 Å². The summed E-state index contributed by atoms with van der Waals surface area (Å²) in [6.07, 6.45) is 0.771. The molecule has 0 aliphatic rings. The molecule has 1 atom stereocenters. The van der Waals surface area contributed by atoms with E-state index >= 15 is 0 Å². The molecule has 0 aliphatic heterocycles. The minimum absolute atomic E-state index is 0.117. The molecule has 0 spiro atoms. The van der Waals surface area contributed by atoms with Crippen LogP contribution in [0.25, 0.3) is 0 Å². The van der Waals surface area contributed by atoms with Crippen LogP contribution in [-0.2, 0) is 0 Å². The van der Waals surface area contributed by atoms with E-state index in [0.29, 0.717) is 13.2 Å². The Kier molecular flexibility index (Phi) is 5.34. The highest BCUT2D eigenvalue weighted by molar-refractivity contribution is 5.35. The first-order valence-electron chi connectivity index (χ1n) is 7.25. The largest absolute Gasteiger partial charge is 0.493 e. The molecule has 0 saturated heterocycles. The van der Waals surface area contributed by atoms with Gasteiger partial charge in [0.1, 0.15) is 11.6 Å². The lowest BCUT2D eigenvalue weighted by molar-refractivity contribution is 0.296. The van der Waals surface area contributed by atoms with Crippen molar-refractivity contribution >= 4 is 0 Å². The molecule has 1 unspecified atom stereocenters. The first-order valence-corrected chi connectivity index (χ1v) is 7.25. The summed E-state index contributed by atoms with van der Waals surface area (Å²) in [5, 5.41) is 0. The third kappa shape index (κ3) is 4.30. The first kappa shape index (κ1) is 15.5. The lowest BCUT2D eigenvalue weighted by Crippen LogP contribution is -2.16. The molecule has 3 heteroatoms. The van der Waals surface area contributed by atoms with Crippen LogP contribution >= 0.6 is 0 Å². The number of ether oxygens (including phenoxy) is 1. The topological polar surface area (TPSA) is 35.2 Å². The van der Waals surface area contributed by atoms with E-state index < -0.39 is 0 Å². The van der Waals surface area contributed by atoms with Crippen LogP contribution in [0.15, 0.2) is 42.5 Å². The zero-order valence-corrected chi connectivity index (χ0v) is 12.6. The van der Waals surface area contributed by atoms with E-state index in [1.165, 1.54) is 11.6 Å². The highest BCUT2D eigenvalue weighted by Gasteiger charge is 2.11. The van der Waals surface area contributed by atoms with Gasteiger partial charge in [-0.05, 0) is 62.1 Å². The SMILES string of the molecule is Cc1ccc(OCCC(CN)c2cccc(F)c2)c(C)c1. The Hall–Kier alpha value is -1.87. The third-order valence-electron chi connectivity index (χ3n) is 3.66. The van der Waals surface area contributed by atoms with Crippen molar-refractivity contribution in [3.63, 3.8) is 0 Å². The van der Waals surface area contributed by atoms with Gasteiger partial charge < -0.3 is 10.5 Å². The zero-order valence-electron chi connectivity index (χ0n) is 12.6. The molecule has 0 aliphatic carbocycles. The highest BCUT2D eigenvalue weighted by Crippen LogP contribution is 2.22. The molecular formula is C18H22FNO. The Morgan fingerprint density at radius 2 is 1.95 bits per heavy atom. The molecule has 2 aromatic carbocycles. The summed E-state index contributed by atoms with van der Waals surface area (Å²) in [6.45, 7) is 5.16. The maximum absolute atomic E-state index is 13.3. The second kappa shape index (κ2) is 7.23. The summed E-state index contributed by atoms with van der Waals surface area (Å²) in [5.74, 6) is 0.795. The number of hydrogen-bond acceptors (Lipinski definition) is 2. The molecule has 112 valence electrons. The molecule has 21 heavy (non-hydrogen) atoms.